The molecule has 0 bridgehead atoms. The molecule has 0 spiro atoms. The zero-order valence-corrected chi connectivity index (χ0v) is 31.4. The van der Waals surface area contributed by atoms with Gasteiger partial charge in [-0.15, -0.1) is 0 Å². The third-order valence-corrected chi connectivity index (χ3v) is 8.79. The second-order valence-electron chi connectivity index (χ2n) is 11.9. The van der Waals surface area contributed by atoms with Gasteiger partial charge in [0.25, 0.3) is 0 Å². The standard InChI is InChI=1S/C38H44O2.CH2.Hg/c1-3-5-7-9-11-13-15-27-17-19-29-23-32-34-26-37-33(25-38(34)40-36(32)24-30(29)21-27)31-20-18-28(22-35(31)39-37)16-14-12-10-8-6-4-2;;/h17-26H,3-16H2,1-2H3;1H2;. The van der Waals surface area contributed by atoms with Crippen LogP contribution >= 0.6 is 0 Å². The average Bonchev–Trinajstić information content (AvgIpc) is 3.55. The van der Waals surface area contributed by atoms with Crippen LogP contribution in [0.25, 0.3) is 54.6 Å². The third-order valence-electron chi connectivity index (χ3n) is 8.79. The summed E-state index contributed by atoms with van der Waals surface area (Å²) in [5, 5.41) is 7.14. The Balaban J connectivity index is 0.00000173. The first-order valence-electron chi connectivity index (χ1n) is 16.5. The predicted octanol–water partition coefficient (Wildman–Crippen LogP) is 12.4. The third kappa shape index (κ3) is 7.18. The van der Waals surface area contributed by atoms with Gasteiger partial charge in [-0.1, -0.05) is 108 Å². The van der Waals surface area contributed by atoms with Crippen molar-refractivity contribution in [1.29, 1.82) is 0 Å². The van der Waals surface area contributed by atoms with Crippen LogP contribution in [0.5, 0.6) is 0 Å². The summed E-state index contributed by atoms with van der Waals surface area (Å²) >= 11 is 0.778. The topological polar surface area (TPSA) is 26.3 Å². The minimum absolute atomic E-state index is 0.778. The van der Waals surface area contributed by atoms with Crippen molar-refractivity contribution in [3.8, 4) is 0 Å². The first-order chi connectivity index (χ1) is 20.7. The second-order valence-corrected chi connectivity index (χ2v) is 11.9. The summed E-state index contributed by atoms with van der Waals surface area (Å²) in [5.74, 6) is 0. The van der Waals surface area contributed by atoms with Crippen molar-refractivity contribution in [3.63, 3.8) is 0 Å². The first kappa shape index (κ1) is 31.0. The van der Waals surface area contributed by atoms with Gasteiger partial charge in [0, 0.05) is 21.5 Å². The van der Waals surface area contributed by atoms with Crippen molar-refractivity contribution in [3.05, 3.63) is 71.8 Å². The molecule has 6 aromatic rings. The van der Waals surface area contributed by atoms with E-state index in [-0.39, 0.29) is 0 Å². The summed E-state index contributed by atoms with van der Waals surface area (Å²) in [5.41, 5.74) is 6.62. The Morgan fingerprint density at radius 2 is 0.929 bits per heavy atom. The number of unbranched alkanes of at least 4 members (excludes halogenated alkanes) is 10. The molecule has 0 fully saturated rings. The summed E-state index contributed by atoms with van der Waals surface area (Å²) in [6, 6.07) is 22.6. The molecule has 0 amide bonds. The molecule has 0 N–H and O–H groups in total. The molecule has 4 aromatic carbocycles. The van der Waals surface area contributed by atoms with Gasteiger partial charge >= 0.3 is 29.6 Å². The molecule has 0 saturated carbocycles. The van der Waals surface area contributed by atoms with Gasteiger partial charge in [0.15, 0.2) is 0 Å². The molecule has 42 heavy (non-hydrogen) atoms. The summed E-state index contributed by atoms with van der Waals surface area (Å²) in [6.45, 7) is 4.55. The number of benzene rings is 4. The van der Waals surface area contributed by atoms with E-state index in [1.165, 1.54) is 104 Å². The molecular weight excluding hydrogens is 701 g/mol. The molecular formula is C39H46HgO2. The molecule has 6 rings (SSSR count). The number of fused-ring (bicyclic) bond motifs is 7. The molecule has 0 saturated heterocycles. The maximum absolute atomic E-state index is 6.44. The maximum atomic E-state index is 6.44. The Morgan fingerprint density at radius 3 is 1.57 bits per heavy atom. The number of hydrogen-bond donors (Lipinski definition) is 0. The van der Waals surface area contributed by atoms with Gasteiger partial charge in [-0.3, -0.25) is 0 Å². The van der Waals surface area contributed by atoms with E-state index in [1.807, 2.05) is 0 Å². The molecule has 0 radical (unpaired) electrons. The molecule has 216 valence electrons. The van der Waals surface area contributed by atoms with Crippen molar-refractivity contribution in [2.45, 2.75) is 104 Å². The van der Waals surface area contributed by atoms with Crippen molar-refractivity contribution >= 4 is 58.7 Å². The van der Waals surface area contributed by atoms with Crippen molar-refractivity contribution in [2.75, 3.05) is 0 Å². The van der Waals surface area contributed by atoms with Crippen LogP contribution in [-0.4, -0.2) is 4.01 Å². The van der Waals surface area contributed by atoms with E-state index in [2.05, 4.69) is 78.5 Å². The van der Waals surface area contributed by atoms with Crippen LogP contribution in [0.2, 0.25) is 0 Å². The molecule has 3 heteroatoms. The van der Waals surface area contributed by atoms with E-state index in [0.717, 1.165) is 77.0 Å². The number of furan rings is 2. The fourth-order valence-electron chi connectivity index (χ4n) is 6.41. The molecule has 2 nitrogen and oxygen atoms in total. The van der Waals surface area contributed by atoms with Gasteiger partial charge in [0.1, 0.15) is 22.3 Å². The van der Waals surface area contributed by atoms with E-state index in [4.69, 9.17) is 8.83 Å². The Morgan fingerprint density at radius 1 is 0.452 bits per heavy atom. The normalized spacial score (nSPS) is 11.7. The van der Waals surface area contributed by atoms with E-state index in [0.29, 0.717) is 0 Å². The van der Waals surface area contributed by atoms with Crippen molar-refractivity contribution in [2.24, 2.45) is 0 Å². The molecule has 0 aliphatic rings. The SMILES string of the molecule is CCCCCCCCc1ccc2cc3c(cc2c1)oc1cc2c(cc13)oc1cc(CCCCCCCC)ccc12.[CH2]=[Hg]. The predicted molar refractivity (Wildman–Crippen MR) is 180 cm³/mol. The average molecular weight is 747 g/mol. The van der Waals surface area contributed by atoms with Crippen LogP contribution in [0.4, 0.5) is 0 Å². The minimum atomic E-state index is 0.778. The van der Waals surface area contributed by atoms with Crippen LogP contribution in [0.3, 0.4) is 0 Å². The Hall–Kier alpha value is -2.45. The molecule has 0 atom stereocenters. The first-order valence-corrected chi connectivity index (χ1v) is 20.4. The van der Waals surface area contributed by atoms with E-state index in [9.17, 15) is 0 Å². The van der Waals surface area contributed by atoms with Gasteiger partial charge in [-0.25, -0.2) is 0 Å². The summed E-state index contributed by atoms with van der Waals surface area (Å²) in [7, 11) is 0. The van der Waals surface area contributed by atoms with Gasteiger partial charge in [0.05, 0.1) is 0 Å². The summed E-state index contributed by atoms with van der Waals surface area (Å²) in [4.78, 5) is 0. The molecule has 0 unspecified atom stereocenters. The Bertz CT molecular complexity index is 1730. The molecule has 0 aliphatic heterocycles. The van der Waals surface area contributed by atoms with Crippen LogP contribution in [0.15, 0.2) is 69.5 Å². The summed E-state index contributed by atoms with van der Waals surface area (Å²) in [6.07, 6.45) is 18.2. The zero-order valence-electron chi connectivity index (χ0n) is 25.9. The fraction of sp³-hybridized carbons (Fsp3) is 0.410. The van der Waals surface area contributed by atoms with Crippen LogP contribution in [0.1, 0.15) is 102 Å². The van der Waals surface area contributed by atoms with Crippen LogP contribution in [-0.2, 0) is 38.5 Å². The van der Waals surface area contributed by atoms with Crippen molar-refractivity contribution in [1.82, 2.24) is 0 Å². The van der Waals surface area contributed by atoms with Crippen LogP contribution < -0.4 is 0 Å². The van der Waals surface area contributed by atoms with Crippen LogP contribution in [0, 0.1) is 0 Å². The Kier molecular flexibility index (Phi) is 11.3. The van der Waals surface area contributed by atoms with E-state index < -0.39 is 0 Å². The van der Waals surface area contributed by atoms with Gasteiger partial charge in [0.2, 0.25) is 0 Å². The number of aryl methyl sites for hydroxylation is 2. The molecule has 2 aromatic heterocycles. The van der Waals surface area contributed by atoms with Gasteiger partial charge < -0.3 is 8.83 Å². The quantitative estimate of drug-likeness (QED) is 0.0819. The fourth-order valence-corrected chi connectivity index (χ4v) is 6.41. The molecule has 0 aliphatic carbocycles. The molecule has 2 heterocycles. The van der Waals surface area contributed by atoms with Gasteiger partial charge in [-0.05, 0) is 77.9 Å². The Labute approximate surface area is 267 Å². The second kappa shape index (κ2) is 15.3. The van der Waals surface area contributed by atoms with Gasteiger partial charge in [-0.2, -0.15) is 0 Å². The summed E-state index contributed by atoms with van der Waals surface area (Å²) < 4.78 is 16.3. The van der Waals surface area contributed by atoms with Crippen molar-refractivity contribution < 1.29 is 34.5 Å². The monoisotopic (exact) mass is 748 g/mol. The number of rotatable bonds is 14. The number of hydrogen-bond acceptors (Lipinski definition) is 2. The zero-order chi connectivity index (χ0) is 29.3. The van der Waals surface area contributed by atoms with E-state index >= 15 is 0 Å². The van der Waals surface area contributed by atoms with E-state index in [1.54, 1.807) is 0 Å².